The van der Waals surface area contributed by atoms with Crippen molar-refractivity contribution in [2.24, 2.45) is 11.8 Å². The Morgan fingerprint density at radius 3 is 2.22 bits per heavy atom. The first kappa shape index (κ1) is 12.7. The van der Waals surface area contributed by atoms with E-state index in [0.29, 0.717) is 21.9 Å². The van der Waals surface area contributed by atoms with E-state index < -0.39 is 10.0 Å². The molecule has 2 unspecified atom stereocenters. The van der Waals surface area contributed by atoms with E-state index in [4.69, 9.17) is 23.2 Å². The fraction of sp³-hybridized carbons (Fsp3) is 0.455. The maximum Gasteiger partial charge on any atom is 0.240 e. The minimum absolute atomic E-state index is 0.0500. The maximum atomic E-state index is 12.2. The average Bonchev–Trinajstić information content (AvgIpc) is 2.73. The lowest BCUT2D eigenvalue weighted by atomic mass is 10.4. The molecule has 1 aromatic rings. The van der Waals surface area contributed by atoms with Gasteiger partial charge in [0.2, 0.25) is 10.0 Å². The third kappa shape index (κ3) is 2.26. The molecule has 7 heteroatoms. The SMILES string of the molecule is O=S(=O)(NC1C2CNCC21)c1cc(Cl)cc(Cl)c1. The number of nitrogens with one attached hydrogen (secondary N) is 2. The first-order chi connectivity index (χ1) is 8.47. The molecule has 0 spiro atoms. The van der Waals surface area contributed by atoms with Gasteiger partial charge in [-0.25, -0.2) is 13.1 Å². The zero-order valence-electron chi connectivity index (χ0n) is 9.36. The van der Waals surface area contributed by atoms with Crippen LogP contribution in [0, 0.1) is 11.8 Å². The molecule has 1 saturated heterocycles. The van der Waals surface area contributed by atoms with E-state index in [1.807, 2.05) is 0 Å². The van der Waals surface area contributed by atoms with Crippen LogP contribution in [-0.4, -0.2) is 27.5 Å². The van der Waals surface area contributed by atoms with Gasteiger partial charge in [-0.05, 0) is 43.1 Å². The molecule has 2 fully saturated rings. The molecule has 0 radical (unpaired) electrons. The van der Waals surface area contributed by atoms with Gasteiger partial charge in [-0.15, -0.1) is 0 Å². The van der Waals surface area contributed by atoms with Gasteiger partial charge < -0.3 is 5.32 Å². The Balaban J connectivity index is 1.81. The summed E-state index contributed by atoms with van der Waals surface area (Å²) in [5.41, 5.74) is 0. The van der Waals surface area contributed by atoms with Crippen LogP contribution in [0.4, 0.5) is 0 Å². The molecular formula is C11H12Cl2N2O2S. The summed E-state index contributed by atoms with van der Waals surface area (Å²) in [6, 6.07) is 4.38. The normalized spacial score (nSPS) is 30.2. The van der Waals surface area contributed by atoms with Crippen LogP contribution in [0.2, 0.25) is 10.0 Å². The molecule has 1 saturated carbocycles. The lowest BCUT2D eigenvalue weighted by molar-refractivity contribution is 0.565. The fourth-order valence-corrected chi connectivity index (χ4v) is 4.59. The number of sulfonamides is 1. The molecule has 3 rings (SSSR count). The lowest BCUT2D eigenvalue weighted by Crippen LogP contribution is -2.32. The summed E-state index contributed by atoms with van der Waals surface area (Å²) >= 11 is 11.6. The number of halogens is 2. The van der Waals surface area contributed by atoms with Crippen LogP contribution >= 0.6 is 23.2 Å². The van der Waals surface area contributed by atoms with Crippen LogP contribution in [0.5, 0.6) is 0 Å². The van der Waals surface area contributed by atoms with Crippen molar-refractivity contribution >= 4 is 33.2 Å². The predicted molar refractivity (Wildman–Crippen MR) is 70.4 cm³/mol. The molecular weight excluding hydrogens is 295 g/mol. The van der Waals surface area contributed by atoms with Crippen LogP contribution in [-0.2, 0) is 10.0 Å². The summed E-state index contributed by atoms with van der Waals surface area (Å²) in [5.74, 6) is 0.851. The van der Waals surface area contributed by atoms with E-state index >= 15 is 0 Å². The summed E-state index contributed by atoms with van der Waals surface area (Å²) < 4.78 is 27.1. The van der Waals surface area contributed by atoms with E-state index in [0.717, 1.165) is 13.1 Å². The molecule has 1 heterocycles. The number of piperidine rings is 1. The first-order valence-electron chi connectivity index (χ1n) is 5.66. The van der Waals surface area contributed by atoms with Gasteiger partial charge in [0.25, 0.3) is 0 Å². The largest absolute Gasteiger partial charge is 0.316 e. The molecule has 4 nitrogen and oxygen atoms in total. The van der Waals surface area contributed by atoms with Crippen LogP contribution in [0.25, 0.3) is 0 Å². The third-order valence-electron chi connectivity index (χ3n) is 3.53. The minimum atomic E-state index is -3.53. The smallest absolute Gasteiger partial charge is 0.240 e. The van der Waals surface area contributed by atoms with Crippen molar-refractivity contribution in [2.75, 3.05) is 13.1 Å². The Kier molecular flexibility index (Phi) is 3.07. The molecule has 0 bridgehead atoms. The predicted octanol–water partition coefficient (Wildman–Crippen LogP) is 1.49. The molecule has 2 atom stereocenters. The summed E-state index contributed by atoms with van der Waals surface area (Å²) in [7, 11) is -3.53. The van der Waals surface area contributed by atoms with E-state index in [1.54, 1.807) is 0 Å². The zero-order valence-corrected chi connectivity index (χ0v) is 11.7. The van der Waals surface area contributed by atoms with E-state index in [1.165, 1.54) is 18.2 Å². The van der Waals surface area contributed by atoms with Gasteiger partial charge in [0, 0.05) is 16.1 Å². The second-order valence-corrected chi connectivity index (χ2v) is 7.33. The van der Waals surface area contributed by atoms with Crippen molar-refractivity contribution in [3.63, 3.8) is 0 Å². The van der Waals surface area contributed by atoms with Crippen molar-refractivity contribution in [1.29, 1.82) is 0 Å². The van der Waals surface area contributed by atoms with Crippen molar-refractivity contribution in [3.05, 3.63) is 28.2 Å². The standard InChI is InChI=1S/C11H12Cl2N2O2S/c12-6-1-7(13)3-8(2-6)18(16,17)15-11-9-4-14-5-10(9)11/h1-3,9-11,14-15H,4-5H2. The Bertz CT molecular complexity index is 560. The van der Waals surface area contributed by atoms with E-state index in [2.05, 4.69) is 10.0 Å². The van der Waals surface area contributed by atoms with Gasteiger partial charge in [-0.1, -0.05) is 23.2 Å². The number of hydrogen-bond acceptors (Lipinski definition) is 3. The third-order valence-corrected chi connectivity index (χ3v) is 5.40. The highest BCUT2D eigenvalue weighted by atomic mass is 35.5. The van der Waals surface area contributed by atoms with Gasteiger partial charge in [0.15, 0.2) is 0 Å². The summed E-state index contributed by atoms with van der Waals surface area (Å²) in [4.78, 5) is 0.123. The number of rotatable bonds is 3. The Labute approximate surface area is 116 Å². The molecule has 2 aliphatic rings. The molecule has 1 aliphatic carbocycles. The van der Waals surface area contributed by atoms with Crippen molar-refractivity contribution in [2.45, 2.75) is 10.9 Å². The van der Waals surface area contributed by atoms with E-state index in [-0.39, 0.29) is 10.9 Å². The van der Waals surface area contributed by atoms with Crippen molar-refractivity contribution in [3.8, 4) is 0 Å². The van der Waals surface area contributed by atoms with Crippen LogP contribution < -0.4 is 10.0 Å². The zero-order chi connectivity index (χ0) is 12.9. The molecule has 0 amide bonds. The average molecular weight is 307 g/mol. The molecule has 0 aromatic heterocycles. The molecule has 2 N–H and O–H groups in total. The number of benzene rings is 1. The van der Waals surface area contributed by atoms with Crippen LogP contribution in [0.3, 0.4) is 0 Å². The maximum absolute atomic E-state index is 12.2. The van der Waals surface area contributed by atoms with Crippen LogP contribution in [0.15, 0.2) is 23.1 Å². The van der Waals surface area contributed by atoms with Crippen molar-refractivity contribution < 1.29 is 8.42 Å². The second kappa shape index (κ2) is 4.35. The highest BCUT2D eigenvalue weighted by Crippen LogP contribution is 2.42. The number of fused-ring (bicyclic) bond motifs is 1. The Morgan fingerprint density at radius 2 is 1.67 bits per heavy atom. The highest BCUT2D eigenvalue weighted by Gasteiger charge is 2.54. The quantitative estimate of drug-likeness (QED) is 0.889. The van der Waals surface area contributed by atoms with E-state index in [9.17, 15) is 8.42 Å². The Morgan fingerprint density at radius 1 is 1.11 bits per heavy atom. The van der Waals surface area contributed by atoms with Crippen LogP contribution in [0.1, 0.15) is 0 Å². The minimum Gasteiger partial charge on any atom is -0.316 e. The van der Waals surface area contributed by atoms with Gasteiger partial charge in [0.05, 0.1) is 4.90 Å². The molecule has 98 valence electrons. The second-order valence-electron chi connectivity index (χ2n) is 4.74. The van der Waals surface area contributed by atoms with Gasteiger partial charge in [-0.3, -0.25) is 0 Å². The molecule has 18 heavy (non-hydrogen) atoms. The monoisotopic (exact) mass is 306 g/mol. The van der Waals surface area contributed by atoms with Crippen molar-refractivity contribution in [1.82, 2.24) is 10.0 Å². The number of hydrogen-bond donors (Lipinski definition) is 2. The van der Waals surface area contributed by atoms with Gasteiger partial charge in [-0.2, -0.15) is 0 Å². The molecule has 1 aromatic carbocycles. The van der Waals surface area contributed by atoms with Gasteiger partial charge >= 0.3 is 0 Å². The summed E-state index contributed by atoms with van der Waals surface area (Å²) in [5, 5.41) is 3.86. The highest BCUT2D eigenvalue weighted by molar-refractivity contribution is 7.89. The topological polar surface area (TPSA) is 58.2 Å². The summed E-state index contributed by atoms with van der Waals surface area (Å²) in [6.07, 6.45) is 0. The lowest BCUT2D eigenvalue weighted by Gasteiger charge is -2.09. The summed E-state index contributed by atoms with van der Waals surface area (Å²) in [6.45, 7) is 1.77. The fourth-order valence-electron chi connectivity index (χ4n) is 2.52. The molecule has 1 aliphatic heterocycles. The first-order valence-corrected chi connectivity index (χ1v) is 7.90. The van der Waals surface area contributed by atoms with Gasteiger partial charge in [0.1, 0.15) is 0 Å². The Hall–Kier alpha value is -0.330.